The molecule has 0 spiro atoms. The quantitative estimate of drug-likeness (QED) is 0.336. The average Bonchev–Trinajstić information content (AvgIpc) is 1.98. The second-order valence-corrected chi connectivity index (χ2v) is 2.77. The molecule has 1 rings (SSSR count). The summed E-state index contributed by atoms with van der Waals surface area (Å²) in [6.07, 6.45) is 0. The third-order valence-electron chi connectivity index (χ3n) is 1.38. The molecular weight excluding hydrogens is 228 g/mol. The summed E-state index contributed by atoms with van der Waals surface area (Å²) in [6.45, 7) is 1.67. The fourth-order valence-corrected chi connectivity index (χ4v) is 0.836. The molecule has 10 heavy (non-hydrogen) atoms. The van der Waals surface area contributed by atoms with Crippen LogP contribution in [0.25, 0.3) is 0 Å². The van der Waals surface area contributed by atoms with Crippen molar-refractivity contribution in [1.82, 2.24) is 0 Å². The largest absolute Gasteiger partial charge is 0.392 e. The first-order chi connectivity index (χ1) is 4.13. The Balaban J connectivity index is 0.000000810. The second-order valence-electron chi connectivity index (χ2n) is 2.05. The maximum Gasteiger partial charge on any atom is 0.321 e. The number of hydrogen-bond acceptors (Lipinski definition) is 3. The zero-order valence-corrected chi connectivity index (χ0v) is 9.53. The van der Waals surface area contributed by atoms with Crippen LogP contribution in [0.2, 0.25) is 0 Å². The van der Waals surface area contributed by atoms with Gasteiger partial charge in [-0.15, -0.1) is 9.24 Å². The molecule has 0 bridgehead atoms. The zero-order chi connectivity index (χ0) is 7.02. The number of carbonyl (C=O) groups is 2. The Morgan fingerprint density at radius 3 is 2.00 bits per heavy atom. The molecular formula is C5H7O3PY. The number of esters is 2. The minimum Gasteiger partial charge on any atom is -0.392 e. The Hall–Kier alpha value is 0.674. The van der Waals surface area contributed by atoms with Gasteiger partial charge in [0.15, 0.2) is 0 Å². The topological polar surface area (TPSA) is 43.4 Å². The molecule has 0 N–H and O–H groups in total. The minimum atomic E-state index is -0.433. The third-order valence-corrected chi connectivity index (χ3v) is 2.23. The number of rotatable bonds is 0. The summed E-state index contributed by atoms with van der Waals surface area (Å²) in [5.74, 6) is -1.14. The summed E-state index contributed by atoms with van der Waals surface area (Å²) in [6, 6.07) is 0. The van der Waals surface area contributed by atoms with Crippen molar-refractivity contribution in [2.45, 2.75) is 12.6 Å². The molecule has 0 aliphatic carbocycles. The molecule has 0 aromatic carbocycles. The Bertz CT molecular complexity index is 152. The number of cyclic esters (lactones) is 2. The zero-order valence-electron chi connectivity index (χ0n) is 5.53. The smallest absolute Gasteiger partial charge is 0.321 e. The van der Waals surface area contributed by atoms with Gasteiger partial charge in [0, 0.05) is 32.7 Å². The van der Waals surface area contributed by atoms with Gasteiger partial charge in [0.2, 0.25) is 0 Å². The molecule has 0 saturated carbocycles. The molecule has 1 saturated heterocycles. The van der Waals surface area contributed by atoms with Gasteiger partial charge in [0.05, 0.1) is 11.6 Å². The average molecular weight is 235 g/mol. The standard InChI is InChI=1S/C5H7O3P.Y/c1-2-3(9)5(7)8-4(2)6;/h2-3H,9H2,1H3;. The van der Waals surface area contributed by atoms with Crippen LogP contribution in [0.1, 0.15) is 6.92 Å². The van der Waals surface area contributed by atoms with Gasteiger partial charge < -0.3 is 4.74 Å². The first kappa shape index (κ1) is 10.7. The molecule has 1 radical (unpaired) electrons. The van der Waals surface area contributed by atoms with Crippen LogP contribution < -0.4 is 0 Å². The summed E-state index contributed by atoms with van der Waals surface area (Å²) in [5.41, 5.74) is -0.336. The van der Waals surface area contributed by atoms with Crippen LogP contribution >= 0.6 is 9.24 Å². The van der Waals surface area contributed by atoms with E-state index in [4.69, 9.17) is 0 Å². The van der Waals surface area contributed by atoms with Crippen molar-refractivity contribution in [2.24, 2.45) is 5.92 Å². The number of ether oxygens (including phenoxy) is 1. The molecule has 3 nitrogen and oxygen atoms in total. The SMILES string of the molecule is CC1C(=O)OC(=O)C1P.[Y]. The summed E-state index contributed by atoms with van der Waals surface area (Å²) in [4.78, 5) is 21.1. The maximum atomic E-state index is 10.5. The molecule has 3 unspecified atom stereocenters. The fraction of sp³-hybridized carbons (Fsp3) is 0.600. The molecule has 53 valence electrons. The van der Waals surface area contributed by atoms with Crippen LogP contribution in [-0.4, -0.2) is 17.6 Å². The predicted octanol–water partition coefficient (Wildman–Crippen LogP) is -0.0529. The summed E-state index contributed by atoms with van der Waals surface area (Å²) >= 11 is 0. The maximum absolute atomic E-state index is 10.5. The van der Waals surface area contributed by atoms with Gasteiger partial charge in [-0.3, -0.25) is 9.59 Å². The van der Waals surface area contributed by atoms with Gasteiger partial charge in [-0.05, 0) is 0 Å². The second kappa shape index (κ2) is 3.89. The van der Waals surface area contributed by atoms with Gasteiger partial charge in [-0.25, -0.2) is 0 Å². The van der Waals surface area contributed by atoms with E-state index in [9.17, 15) is 9.59 Å². The van der Waals surface area contributed by atoms with Crippen molar-refractivity contribution in [2.75, 3.05) is 0 Å². The van der Waals surface area contributed by atoms with Gasteiger partial charge in [-0.2, -0.15) is 0 Å². The Morgan fingerprint density at radius 1 is 1.40 bits per heavy atom. The molecule has 1 heterocycles. The van der Waals surface area contributed by atoms with Gasteiger partial charge >= 0.3 is 11.9 Å². The van der Waals surface area contributed by atoms with E-state index in [0.717, 1.165) is 0 Å². The van der Waals surface area contributed by atoms with Crippen LogP contribution in [-0.2, 0) is 47.0 Å². The molecule has 0 aromatic rings. The number of hydrogen-bond donors (Lipinski definition) is 0. The van der Waals surface area contributed by atoms with E-state index in [1.165, 1.54) is 0 Å². The van der Waals surface area contributed by atoms with Gasteiger partial charge in [0.25, 0.3) is 0 Å². The van der Waals surface area contributed by atoms with Crippen molar-refractivity contribution >= 4 is 21.2 Å². The van der Waals surface area contributed by atoms with Crippen LogP contribution in [0, 0.1) is 5.92 Å². The summed E-state index contributed by atoms with van der Waals surface area (Å²) in [7, 11) is 2.28. The van der Waals surface area contributed by atoms with Gasteiger partial charge in [0.1, 0.15) is 0 Å². The van der Waals surface area contributed by atoms with Crippen molar-refractivity contribution in [3.05, 3.63) is 0 Å². The van der Waals surface area contributed by atoms with E-state index >= 15 is 0 Å². The fourth-order valence-electron chi connectivity index (χ4n) is 0.611. The first-order valence-electron chi connectivity index (χ1n) is 2.64. The van der Waals surface area contributed by atoms with E-state index in [1.54, 1.807) is 6.92 Å². The van der Waals surface area contributed by atoms with Crippen molar-refractivity contribution in [3.8, 4) is 0 Å². The van der Waals surface area contributed by atoms with Gasteiger partial charge in [-0.1, -0.05) is 6.92 Å². The molecule has 0 amide bonds. The molecule has 5 heteroatoms. The Labute approximate surface area is 86.3 Å². The van der Waals surface area contributed by atoms with E-state index in [-0.39, 0.29) is 44.3 Å². The number of carbonyl (C=O) groups excluding carboxylic acids is 2. The van der Waals surface area contributed by atoms with Crippen LogP contribution in [0.5, 0.6) is 0 Å². The van der Waals surface area contributed by atoms with Crippen LogP contribution in [0.3, 0.4) is 0 Å². The monoisotopic (exact) mass is 235 g/mol. The third kappa shape index (κ3) is 1.84. The molecule has 3 atom stereocenters. The normalized spacial score (nSPS) is 31.4. The summed E-state index contributed by atoms with van der Waals surface area (Å²) in [5, 5.41) is 0. The molecule has 1 aliphatic heterocycles. The van der Waals surface area contributed by atoms with E-state index in [2.05, 4.69) is 14.0 Å². The Morgan fingerprint density at radius 2 is 1.90 bits per heavy atom. The van der Waals surface area contributed by atoms with E-state index < -0.39 is 11.9 Å². The minimum absolute atomic E-state index is 0. The van der Waals surface area contributed by atoms with Crippen LogP contribution in [0.15, 0.2) is 0 Å². The predicted molar refractivity (Wildman–Crippen MR) is 33.8 cm³/mol. The summed E-state index contributed by atoms with van der Waals surface area (Å²) < 4.78 is 4.29. The molecule has 1 aliphatic rings. The van der Waals surface area contributed by atoms with E-state index in [1.807, 2.05) is 0 Å². The first-order valence-corrected chi connectivity index (χ1v) is 3.30. The van der Waals surface area contributed by atoms with Crippen molar-refractivity contribution in [3.63, 3.8) is 0 Å². The van der Waals surface area contributed by atoms with E-state index in [0.29, 0.717) is 0 Å². The molecule has 0 aromatic heterocycles. The van der Waals surface area contributed by atoms with Crippen LogP contribution in [0.4, 0.5) is 0 Å². The van der Waals surface area contributed by atoms with Crippen molar-refractivity contribution < 1.29 is 47.0 Å². The van der Waals surface area contributed by atoms with Crippen molar-refractivity contribution in [1.29, 1.82) is 0 Å². The Kier molecular flexibility index (Phi) is 4.15. The molecule has 1 fully saturated rings.